The highest BCUT2D eigenvalue weighted by Gasteiger charge is 2.08. The molecule has 0 atom stereocenters. The van der Waals surface area contributed by atoms with Crippen molar-refractivity contribution in [1.29, 1.82) is 0 Å². The van der Waals surface area contributed by atoms with Crippen LogP contribution < -0.4 is 5.32 Å². The fraction of sp³-hybridized carbons (Fsp3) is 0.583. The van der Waals surface area contributed by atoms with E-state index in [1.54, 1.807) is 6.20 Å². The Kier molecular flexibility index (Phi) is 5.58. The lowest BCUT2D eigenvalue weighted by atomic mass is 10.2. The van der Waals surface area contributed by atoms with Crippen LogP contribution in [0.3, 0.4) is 0 Å². The molecule has 1 heterocycles. The second-order valence-corrected chi connectivity index (χ2v) is 6.43. The first-order chi connectivity index (χ1) is 8.05. The molecule has 1 rings (SSSR count). The molecule has 1 N–H and O–H groups in total. The van der Waals surface area contributed by atoms with Gasteiger partial charge in [0.25, 0.3) is 0 Å². The Labute approximate surface area is 103 Å². The minimum atomic E-state index is -2.87. The zero-order valence-corrected chi connectivity index (χ0v) is 11.3. The molecule has 0 saturated carbocycles. The Morgan fingerprint density at radius 1 is 1.35 bits per heavy atom. The zero-order chi connectivity index (χ0) is 12.7. The van der Waals surface area contributed by atoms with Gasteiger partial charge in [-0.25, -0.2) is 8.42 Å². The summed E-state index contributed by atoms with van der Waals surface area (Å²) in [6.45, 7) is 5.06. The van der Waals surface area contributed by atoms with Crippen molar-refractivity contribution in [1.82, 2.24) is 10.3 Å². The molecule has 0 amide bonds. The quantitative estimate of drug-likeness (QED) is 0.747. The lowest BCUT2D eigenvalue weighted by Crippen LogP contribution is -2.24. The number of aromatic nitrogens is 1. The minimum absolute atomic E-state index is 0.208. The Morgan fingerprint density at radius 2 is 2.12 bits per heavy atom. The molecule has 96 valence electrons. The Bertz CT molecular complexity index is 444. The van der Waals surface area contributed by atoms with Crippen LogP contribution in [0.5, 0.6) is 0 Å². The van der Waals surface area contributed by atoms with Crippen LogP contribution in [0.25, 0.3) is 0 Å². The zero-order valence-electron chi connectivity index (χ0n) is 10.4. The van der Waals surface area contributed by atoms with Gasteiger partial charge in [-0.2, -0.15) is 0 Å². The molecule has 0 unspecified atom stereocenters. The van der Waals surface area contributed by atoms with Crippen LogP contribution in [0, 0.1) is 6.92 Å². The van der Waals surface area contributed by atoms with Crippen LogP contribution >= 0.6 is 0 Å². The van der Waals surface area contributed by atoms with Crippen molar-refractivity contribution in [2.24, 2.45) is 0 Å². The molecule has 5 heteroatoms. The first-order valence-electron chi connectivity index (χ1n) is 5.86. The Balaban J connectivity index is 2.32. The van der Waals surface area contributed by atoms with Crippen molar-refractivity contribution >= 4 is 9.84 Å². The van der Waals surface area contributed by atoms with Crippen LogP contribution in [0.15, 0.2) is 18.5 Å². The first-order valence-corrected chi connectivity index (χ1v) is 7.68. The van der Waals surface area contributed by atoms with E-state index in [1.807, 2.05) is 26.1 Å². The van der Waals surface area contributed by atoms with Gasteiger partial charge in [0.05, 0.1) is 5.75 Å². The number of rotatable bonds is 7. The van der Waals surface area contributed by atoms with Crippen LogP contribution in [0.1, 0.15) is 24.5 Å². The molecule has 0 aliphatic carbocycles. The molecule has 0 spiro atoms. The topological polar surface area (TPSA) is 59.1 Å². The molecule has 1 aromatic heterocycles. The van der Waals surface area contributed by atoms with E-state index in [0.717, 1.165) is 5.56 Å². The van der Waals surface area contributed by atoms with E-state index in [1.165, 1.54) is 5.56 Å². The third-order valence-corrected chi connectivity index (χ3v) is 4.42. The summed E-state index contributed by atoms with van der Waals surface area (Å²) in [5.74, 6) is 0.487. The lowest BCUT2D eigenvalue weighted by molar-refractivity contribution is 0.589. The summed E-state index contributed by atoms with van der Waals surface area (Å²) in [5.41, 5.74) is 2.28. The predicted octanol–water partition coefficient (Wildman–Crippen LogP) is 1.30. The lowest BCUT2D eigenvalue weighted by Gasteiger charge is -2.07. The number of hydrogen-bond donors (Lipinski definition) is 1. The maximum Gasteiger partial charge on any atom is 0.151 e. The summed E-state index contributed by atoms with van der Waals surface area (Å²) in [5, 5.41) is 3.14. The normalized spacial score (nSPS) is 11.6. The van der Waals surface area contributed by atoms with Crippen LogP contribution in [0.4, 0.5) is 0 Å². The highest BCUT2D eigenvalue weighted by atomic mass is 32.2. The number of aryl methyl sites for hydroxylation is 1. The number of hydrogen-bond acceptors (Lipinski definition) is 4. The summed E-state index contributed by atoms with van der Waals surface area (Å²) in [7, 11) is -2.87. The average molecular weight is 256 g/mol. The first kappa shape index (κ1) is 14.1. The standard InChI is InChI=1S/C12H20N2O2S/c1-3-7-17(15,16)8-6-14-10-12-9-13-5-4-11(12)2/h4-5,9,14H,3,6-8,10H2,1-2H3. The van der Waals surface area contributed by atoms with Gasteiger partial charge in [0, 0.05) is 31.2 Å². The van der Waals surface area contributed by atoms with Crippen LogP contribution in [-0.4, -0.2) is 31.5 Å². The largest absolute Gasteiger partial charge is 0.312 e. The summed E-state index contributed by atoms with van der Waals surface area (Å²) >= 11 is 0. The number of nitrogens with one attached hydrogen (secondary N) is 1. The van der Waals surface area contributed by atoms with Gasteiger partial charge in [-0.05, 0) is 30.5 Å². The molecule has 0 radical (unpaired) electrons. The van der Waals surface area contributed by atoms with Gasteiger partial charge in [0.15, 0.2) is 9.84 Å². The summed E-state index contributed by atoms with van der Waals surface area (Å²) < 4.78 is 22.9. The van der Waals surface area contributed by atoms with E-state index in [-0.39, 0.29) is 11.5 Å². The van der Waals surface area contributed by atoms with E-state index in [2.05, 4.69) is 10.3 Å². The van der Waals surface area contributed by atoms with Gasteiger partial charge in [0.2, 0.25) is 0 Å². The van der Waals surface area contributed by atoms with E-state index < -0.39 is 9.84 Å². The summed E-state index contributed by atoms with van der Waals surface area (Å²) in [6, 6.07) is 1.95. The molecular formula is C12H20N2O2S. The second-order valence-electron chi connectivity index (χ2n) is 4.13. The monoisotopic (exact) mass is 256 g/mol. The molecular weight excluding hydrogens is 236 g/mol. The van der Waals surface area contributed by atoms with Crippen molar-refractivity contribution in [3.63, 3.8) is 0 Å². The molecule has 1 aromatic rings. The molecule has 17 heavy (non-hydrogen) atoms. The number of nitrogens with zero attached hydrogens (tertiary/aromatic N) is 1. The molecule has 0 saturated heterocycles. The minimum Gasteiger partial charge on any atom is -0.312 e. The Morgan fingerprint density at radius 3 is 2.76 bits per heavy atom. The fourth-order valence-electron chi connectivity index (χ4n) is 1.55. The summed E-state index contributed by atoms with van der Waals surface area (Å²) in [6.07, 6.45) is 4.25. The summed E-state index contributed by atoms with van der Waals surface area (Å²) in [4.78, 5) is 4.04. The second kappa shape index (κ2) is 6.71. The molecule has 0 aromatic carbocycles. The van der Waals surface area contributed by atoms with Crippen molar-refractivity contribution in [3.05, 3.63) is 29.6 Å². The van der Waals surface area contributed by atoms with Gasteiger partial charge < -0.3 is 5.32 Å². The molecule has 0 bridgehead atoms. The van der Waals surface area contributed by atoms with Gasteiger partial charge >= 0.3 is 0 Å². The molecule has 0 aliphatic rings. The van der Waals surface area contributed by atoms with E-state index in [9.17, 15) is 8.42 Å². The predicted molar refractivity (Wildman–Crippen MR) is 69.6 cm³/mol. The van der Waals surface area contributed by atoms with Gasteiger partial charge in [-0.1, -0.05) is 6.92 Å². The van der Waals surface area contributed by atoms with Gasteiger partial charge in [-0.15, -0.1) is 0 Å². The molecule has 0 fully saturated rings. The fourth-order valence-corrected chi connectivity index (χ4v) is 2.83. The van der Waals surface area contributed by atoms with E-state index in [0.29, 0.717) is 19.5 Å². The maximum atomic E-state index is 11.5. The Hall–Kier alpha value is -0.940. The van der Waals surface area contributed by atoms with Crippen molar-refractivity contribution in [3.8, 4) is 0 Å². The number of pyridine rings is 1. The average Bonchev–Trinajstić information content (AvgIpc) is 2.26. The molecule has 0 aliphatic heterocycles. The third kappa shape index (κ3) is 5.28. The van der Waals surface area contributed by atoms with Crippen LogP contribution in [0.2, 0.25) is 0 Å². The van der Waals surface area contributed by atoms with E-state index in [4.69, 9.17) is 0 Å². The number of sulfone groups is 1. The third-order valence-electron chi connectivity index (χ3n) is 2.57. The smallest absolute Gasteiger partial charge is 0.151 e. The van der Waals surface area contributed by atoms with Crippen molar-refractivity contribution in [2.75, 3.05) is 18.1 Å². The van der Waals surface area contributed by atoms with Gasteiger partial charge in [0.1, 0.15) is 0 Å². The maximum absolute atomic E-state index is 11.5. The van der Waals surface area contributed by atoms with E-state index >= 15 is 0 Å². The SMILES string of the molecule is CCCS(=O)(=O)CCNCc1cnccc1C. The highest BCUT2D eigenvalue weighted by Crippen LogP contribution is 2.03. The van der Waals surface area contributed by atoms with Crippen molar-refractivity contribution < 1.29 is 8.42 Å². The molecule has 4 nitrogen and oxygen atoms in total. The van der Waals surface area contributed by atoms with Gasteiger partial charge in [-0.3, -0.25) is 4.98 Å². The highest BCUT2D eigenvalue weighted by molar-refractivity contribution is 7.91. The van der Waals surface area contributed by atoms with Crippen LogP contribution in [-0.2, 0) is 16.4 Å². The van der Waals surface area contributed by atoms with Crippen molar-refractivity contribution in [2.45, 2.75) is 26.8 Å².